The van der Waals surface area contributed by atoms with Crippen molar-refractivity contribution >= 4 is 5.91 Å². The minimum Gasteiger partial charge on any atom is -0.497 e. The number of ether oxygens (including phenoxy) is 1. The summed E-state index contributed by atoms with van der Waals surface area (Å²) in [7, 11) is 3.03. The summed E-state index contributed by atoms with van der Waals surface area (Å²) in [5.74, 6) is -0.0387. The van der Waals surface area contributed by atoms with Crippen molar-refractivity contribution in [1.29, 1.82) is 0 Å². The van der Waals surface area contributed by atoms with Gasteiger partial charge >= 0.3 is 6.18 Å². The zero-order valence-corrected chi connectivity index (χ0v) is 17.1. The van der Waals surface area contributed by atoms with Gasteiger partial charge in [-0.05, 0) is 36.8 Å². The van der Waals surface area contributed by atoms with Gasteiger partial charge in [0.25, 0.3) is 5.91 Å². The number of aryl methyl sites for hydroxylation is 1. The molecule has 0 spiro atoms. The molecule has 0 unspecified atom stereocenters. The number of benzene rings is 2. The number of alkyl halides is 3. The molecule has 0 saturated heterocycles. The van der Waals surface area contributed by atoms with Crippen molar-refractivity contribution in [1.82, 2.24) is 14.7 Å². The highest BCUT2D eigenvalue weighted by Gasteiger charge is 2.34. The van der Waals surface area contributed by atoms with Crippen LogP contribution in [0.1, 0.15) is 27.3 Å². The van der Waals surface area contributed by atoms with Crippen molar-refractivity contribution in [2.24, 2.45) is 0 Å². The first kappa shape index (κ1) is 22.1. The number of hydrogen-bond acceptors (Lipinski definition) is 4. The Morgan fingerprint density at radius 1 is 1.13 bits per heavy atom. The monoisotopic (exact) mass is 431 g/mol. The van der Waals surface area contributed by atoms with Crippen LogP contribution in [0.2, 0.25) is 0 Å². The third-order valence-corrected chi connectivity index (χ3v) is 4.67. The van der Waals surface area contributed by atoms with Crippen LogP contribution in [0.4, 0.5) is 13.2 Å². The summed E-state index contributed by atoms with van der Waals surface area (Å²) in [4.78, 5) is 26.6. The fourth-order valence-electron chi connectivity index (χ4n) is 3.09. The zero-order chi connectivity index (χ0) is 22.8. The molecule has 0 fully saturated rings. The number of carbonyl (C=O) groups is 1. The number of halogens is 3. The third-order valence-electron chi connectivity index (χ3n) is 4.67. The number of amides is 1. The van der Waals surface area contributed by atoms with E-state index in [0.717, 1.165) is 22.4 Å². The summed E-state index contributed by atoms with van der Waals surface area (Å²) < 4.78 is 46.4. The maximum Gasteiger partial charge on any atom is 0.418 e. The molecule has 0 radical (unpaired) electrons. The van der Waals surface area contributed by atoms with Crippen LogP contribution in [0, 0.1) is 6.92 Å². The molecule has 0 bridgehead atoms. The predicted molar refractivity (Wildman–Crippen MR) is 108 cm³/mol. The van der Waals surface area contributed by atoms with E-state index >= 15 is 0 Å². The maximum atomic E-state index is 13.4. The SMILES string of the molecule is COc1ccc(CN(C)C(=O)c2nn(-c3ccccc3C(F)(F)F)c(C)cc2=O)cc1. The fraction of sp³-hybridized carbons (Fsp3) is 0.227. The Kier molecular flexibility index (Phi) is 6.14. The van der Waals surface area contributed by atoms with Gasteiger partial charge < -0.3 is 9.64 Å². The van der Waals surface area contributed by atoms with Gasteiger partial charge in [-0.1, -0.05) is 24.3 Å². The molecule has 0 aliphatic rings. The number of aromatic nitrogens is 2. The number of para-hydroxylation sites is 1. The lowest BCUT2D eigenvalue weighted by atomic mass is 10.1. The third kappa shape index (κ3) is 4.76. The highest BCUT2D eigenvalue weighted by molar-refractivity contribution is 5.91. The lowest BCUT2D eigenvalue weighted by Gasteiger charge is -2.19. The summed E-state index contributed by atoms with van der Waals surface area (Å²) in [6.45, 7) is 1.63. The van der Waals surface area contributed by atoms with Gasteiger partial charge in [0.1, 0.15) is 5.75 Å². The molecule has 6 nitrogen and oxygen atoms in total. The van der Waals surface area contributed by atoms with Crippen molar-refractivity contribution in [3.63, 3.8) is 0 Å². The van der Waals surface area contributed by atoms with E-state index in [9.17, 15) is 22.8 Å². The minimum absolute atomic E-state index is 0.177. The molecule has 162 valence electrons. The Morgan fingerprint density at radius 3 is 2.39 bits per heavy atom. The Bertz CT molecular complexity index is 1160. The van der Waals surface area contributed by atoms with Crippen molar-refractivity contribution in [2.75, 3.05) is 14.2 Å². The number of nitrogens with zero attached hydrogens (tertiary/aromatic N) is 3. The molecule has 3 rings (SSSR count). The summed E-state index contributed by atoms with van der Waals surface area (Å²) in [5.41, 5.74) is -1.34. The average molecular weight is 431 g/mol. The Balaban J connectivity index is 1.97. The first-order valence-electron chi connectivity index (χ1n) is 9.28. The van der Waals surface area contributed by atoms with E-state index < -0.39 is 28.8 Å². The van der Waals surface area contributed by atoms with Gasteiger partial charge in [0, 0.05) is 25.4 Å². The fourth-order valence-corrected chi connectivity index (χ4v) is 3.09. The highest BCUT2D eigenvalue weighted by atomic mass is 19.4. The smallest absolute Gasteiger partial charge is 0.418 e. The van der Waals surface area contributed by atoms with E-state index in [4.69, 9.17) is 4.74 Å². The van der Waals surface area contributed by atoms with Crippen LogP contribution in [0.3, 0.4) is 0 Å². The van der Waals surface area contributed by atoms with Crippen LogP contribution >= 0.6 is 0 Å². The number of methoxy groups -OCH3 is 1. The minimum atomic E-state index is -4.62. The van der Waals surface area contributed by atoms with Gasteiger partial charge in [-0.2, -0.15) is 18.3 Å². The molecular weight excluding hydrogens is 411 g/mol. The second kappa shape index (κ2) is 8.63. The van der Waals surface area contributed by atoms with Gasteiger partial charge in [-0.3, -0.25) is 9.59 Å². The summed E-state index contributed by atoms with van der Waals surface area (Å²) in [5, 5.41) is 4.00. The van der Waals surface area contributed by atoms with E-state index in [0.29, 0.717) is 5.75 Å². The zero-order valence-electron chi connectivity index (χ0n) is 17.1. The highest BCUT2D eigenvalue weighted by Crippen LogP contribution is 2.33. The van der Waals surface area contributed by atoms with E-state index in [2.05, 4.69) is 5.10 Å². The van der Waals surface area contributed by atoms with E-state index in [1.807, 2.05) is 0 Å². The van der Waals surface area contributed by atoms with Gasteiger partial charge in [-0.25, -0.2) is 4.68 Å². The molecular formula is C22H20F3N3O3. The van der Waals surface area contributed by atoms with E-state index in [-0.39, 0.29) is 17.9 Å². The average Bonchev–Trinajstić information content (AvgIpc) is 2.73. The Morgan fingerprint density at radius 2 is 1.77 bits per heavy atom. The predicted octanol–water partition coefficient (Wildman–Crippen LogP) is 3.84. The topological polar surface area (TPSA) is 64.4 Å². The first-order valence-corrected chi connectivity index (χ1v) is 9.28. The molecule has 0 aliphatic heterocycles. The molecule has 1 amide bonds. The Hall–Kier alpha value is -3.62. The van der Waals surface area contributed by atoms with Crippen molar-refractivity contribution in [3.05, 3.63) is 87.3 Å². The van der Waals surface area contributed by atoms with Gasteiger partial charge in [0.2, 0.25) is 5.43 Å². The molecule has 1 aromatic heterocycles. The van der Waals surface area contributed by atoms with E-state index in [1.54, 1.807) is 24.3 Å². The molecule has 3 aromatic rings. The molecule has 1 heterocycles. The van der Waals surface area contributed by atoms with Crippen LogP contribution in [-0.4, -0.2) is 34.7 Å². The van der Waals surface area contributed by atoms with Crippen LogP contribution in [0.15, 0.2) is 59.4 Å². The normalized spacial score (nSPS) is 11.3. The number of carbonyl (C=O) groups excluding carboxylic acids is 1. The molecule has 0 atom stereocenters. The van der Waals surface area contributed by atoms with Crippen molar-refractivity contribution in [2.45, 2.75) is 19.6 Å². The van der Waals surface area contributed by atoms with Crippen LogP contribution < -0.4 is 10.2 Å². The summed E-state index contributed by atoms with van der Waals surface area (Å²) >= 11 is 0. The molecule has 0 aliphatic carbocycles. The second-order valence-electron chi connectivity index (χ2n) is 6.93. The number of rotatable bonds is 5. The molecule has 0 saturated carbocycles. The summed E-state index contributed by atoms with van der Waals surface area (Å²) in [6, 6.07) is 13.0. The van der Waals surface area contributed by atoms with Gasteiger partial charge in [0.05, 0.1) is 18.4 Å². The first-order chi connectivity index (χ1) is 14.6. The van der Waals surface area contributed by atoms with Crippen molar-refractivity contribution in [3.8, 4) is 11.4 Å². The Labute approximate surface area is 176 Å². The maximum absolute atomic E-state index is 13.4. The van der Waals surface area contributed by atoms with Crippen LogP contribution in [0.25, 0.3) is 5.69 Å². The van der Waals surface area contributed by atoms with Crippen LogP contribution in [-0.2, 0) is 12.7 Å². The standard InChI is InChI=1S/C22H20F3N3O3/c1-14-12-19(29)20(21(30)27(2)13-15-8-10-16(31-3)11-9-15)26-28(14)18-7-5-4-6-17(18)22(23,24)25/h4-12H,13H2,1-3H3. The lowest BCUT2D eigenvalue weighted by molar-refractivity contribution is -0.137. The van der Waals surface area contributed by atoms with Gasteiger partial charge in [-0.15, -0.1) is 0 Å². The van der Waals surface area contributed by atoms with E-state index in [1.165, 1.54) is 44.2 Å². The summed E-state index contributed by atoms with van der Waals surface area (Å²) in [6.07, 6.45) is -4.62. The molecule has 2 aromatic carbocycles. The number of hydrogen-bond donors (Lipinski definition) is 0. The lowest BCUT2D eigenvalue weighted by Crippen LogP contribution is -2.33. The molecule has 9 heteroatoms. The molecule has 0 N–H and O–H groups in total. The quantitative estimate of drug-likeness (QED) is 0.616. The van der Waals surface area contributed by atoms with Gasteiger partial charge in [0.15, 0.2) is 5.69 Å². The van der Waals surface area contributed by atoms with Crippen molar-refractivity contribution < 1.29 is 22.7 Å². The second-order valence-corrected chi connectivity index (χ2v) is 6.93. The molecule has 31 heavy (non-hydrogen) atoms. The largest absolute Gasteiger partial charge is 0.497 e. The van der Waals surface area contributed by atoms with Crippen LogP contribution in [0.5, 0.6) is 5.75 Å².